The first-order valence-electron chi connectivity index (χ1n) is 6.42. The van der Waals surface area contributed by atoms with Crippen LogP contribution < -0.4 is 5.32 Å². The average Bonchev–Trinajstić information content (AvgIpc) is 2.99. The fourth-order valence-electron chi connectivity index (χ4n) is 1.68. The number of carbonyl (C=O) groups is 1. The third kappa shape index (κ3) is 4.54. The number of benzene rings is 1. The van der Waals surface area contributed by atoms with Crippen molar-refractivity contribution in [2.75, 3.05) is 0 Å². The number of hydrogen-bond donors (Lipinski definition) is 1. The highest BCUT2D eigenvalue weighted by Crippen LogP contribution is 2.21. The van der Waals surface area contributed by atoms with E-state index in [1.807, 2.05) is 17.5 Å². The van der Waals surface area contributed by atoms with Crippen LogP contribution in [0.1, 0.15) is 17.4 Å². The number of thioether (sulfide) groups is 1. The maximum Gasteiger partial charge on any atom is 0.233 e. The summed E-state index contributed by atoms with van der Waals surface area (Å²) < 4.78 is 26.6. The van der Waals surface area contributed by atoms with Gasteiger partial charge in [0.2, 0.25) is 5.91 Å². The quantitative estimate of drug-likeness (QED) is 0.870. The predicted octanol–water partition coefficient (Wildman–Crippen LogP) is 3.96. The Bertz CT molecular complexity index is 602. The molecule has 2 aromatic rings. The summed E-state index contributed by atoms with van der Waals surface area (Å²) in [6, 6.07) is 7.96. The van der Waals surface area contributed by atoms with Gasteiger partial charge in [-0.15, -0.1) is 23.1 Å². The fourth-order valence-corrected chi connectivity index (χ4v) is 3.21. The molecule has 1 atom stereocenters. The summed E-state index contributed by atoms with van der Waals surface area (Å²) in [4.78, 5) is 13.0. The Labute approximate surface area is 130 Å². The minimum atomic E-state index is -0.858. The van der Waals surface area contributed by atoms with Crippen molar-refractivity contribution in [2.45, 2.75) is 24.5 Å². The molecular formula is C15H15F2NOS2. The molecule has 0 spiro atoms. The maximum absolute atomic E-state index is 13.5. The molecule has 0 radical (unpaired) electrons. The van der Waals surface area contributed by atoms with Crippen molar-refractivity contribution in [1.82, 2.24) is 5.32 Å². The van der Waals surface area contributed by atoms with E-state index in [4.69, 9.17) is 0 Å². The first-order valence-corrected chi connectivity index (χ1v) is 8.35. The van der Waals surface area contributed by atoms with E-state index < -0.39 is 11.6 Å². The zero-order valence-electron chi connectivity index (χ0n) is 11.4. The Morgan fingerprint density at radius 1 is 1.33 bits per heavy atom. The smallest absolute Gasteiger partial charge is 0.233 e. The van der Waals surface area contributed by atoms with E-state index >= 15 is 0 Å². The normalized spacial score (nSPS) is 12.1. The Morgan fingerprint density at radius 3 is 2.86 bits per heavy atom. The van der Waals surface area contributed by atoms with E-state index in [1.54, 1.807) is 18.3 Å². The Morgan fingerprint density at radius 2 is 2.14 bits per heavy atom. The Kier molecular flexibility index (Phi) is 5.76. The molecule has 2 rings (SSSR count). The van der Waals surface area contributed by atoms with Gasteiger partial charge in [-0.1, -0.05) is 18.2 Å². The van der Waals surface area contributed by atoms with Crippen molar-refractivity contribution in [3.8, 4) is 0 Å². The zero-order valence-corrected chi connectivity index (χ0v) is 13.1. The van der Waals surface area contributed by atoms with E-state index in [1.165, 1.54) is 23.9 Å². The summed E-state index contributed by atoms with van der Waals surface area (Å²) in [5, 5.41) is 4.45. The zero-order chi connectivity index (χ0) is 15.2. The SMILES string of the molecule is CC(SCc1cccc(F)c1F)C(=O)NCc1cccs1. The van der Waals surface area contributed by atoms with Gasteiger partial charge < -0.3 is 5.32 Å². The number of hydrogen-bond acceptors (Lipinski definition) is 3. The molecule has 0 aliphatic carbocycles. The molecule has 21 heavy (non-hydrogen) atoms. The number of rotatable bonds is 6. The van der Waals surface area contributed by atoms with E-state index in [-0.39, 0.29) is 22.5 Å². The van der Waals surface area contributed by atoms with Gasteiger partial charge in [-0.3, -0.25) is 4.79 Å². The van der Waals surface area contributed by atoms with Gasteiger partial charge in [-0.05, 0) is 24.4 Å². The predicted molar refractivity (Wildman–Crippen MR) is 83.3 cm³/mol. The number of thiophene rings is 1. The molecule has 1 N–H and O–H groups in total. The summed E-state index contributed by atoms with van der Waals surface area (Å²) in [6.07, 6.45) is 0. The molecule has 1 aromatic heterocycles. The van der Waals surface area contributed by atoms with Gasteiger partial charge >= 0.3 is 0 Å². The van der Waals surface area contributed by atoms with Gasteiger partial charge in [-0.25, -0.2) is 8.78 Å². The highest BCUT2D eigenvalue weighted by atomic mass is 32.2. The molecule has 1 amide bonds. The highest BCUT2D eigenvalue weighted by molar-refractivity contribution is 7.99. The maximum atomic E-state index is 13.5. The Hall–Kier alpha value is -1.40. The van der Waals surface area contributed by atoms with Crippen LogP contribution in [-0.4, -0.2) is 11.2 Å². The van der Waals surface area contributed by atoms with Crippen LogP contribution in [0.15, 0.2) is 35.7 Å². The van der Waals surface area contributed by atoms with Crippen LogP contribution in [0.5, 0.6) is 0 Å². The number of halogens is 2. The second kappa shape index (κ2) is 7.56. The second-order valence-corrected chi connectivity index (χ2v) is 6.82. The van der Waals surface area contributed by atoms with E-state index in [0.29, 0.717) is 6.54 Å². The van der Waals surface area contributed by atoms with Crippen molar-refractivity contribution in [2.24, 2.45) is 0 Å². The van der Waals surface area contributed by atoms with Crippen LogP contribution in [0.25, 0.3) is 0 Å². The standard InChI is InChI=1S/C15H15F2NOS2/c1-10(15(19)18-8-12-5-3-7-20-12)21-9-11-4-2-6-13(16)14(11)17/h2-7,10H,8-9H2,1H3,(H,18,19). The molecular weight excluding hydrogens is 312 g/mol. The van der Waals surface area contributed by atoms with Crippen LogP contribution in [-0.2, 0) is 17.1 Å². The van der Waals surface area contributed by atoms with Crippen molar-refractivity contribution in [3.05, 3.63) is 57.8 Å². The lowest BCUT2D eigenvalue weighted by atomic mass is 10.2. The first kappa shape index (κ1) is 16.0. The van der Waals surface area contributed by atoms with Crippen molar-refractivity contribution >= 4 is 29.0 Å². The summed E-state index contributed by atoms with van der Waals surface area (Å²) in [7, 11) is 0. The molecule has 6 heteroatoms. The lowest BCUT2D eigenvalue weighted by Crippen LogP contribution is -2.30. The third-order valence-electron chi connectivity index (χ3n) is 2.91. The minimum absolute atomic E-state index is 0.106. The van der Waals surface area contributed by atoms with Crippen molar-refractivity contribution in [1.29, 1.82) is 0 Å². The molecule has 112 valence electrons. The lowest BCUT2D eigenvalue weighted by Gasteiger charge is -2.12. The fraction of sp³-hybridized carbons (Fsp3) is 0.267. The molecule has 0 bridgehead atoms. The molecule has 1 aromatic carbocycles. The highest BCUT2D eigenvalue weighted by Gasteiger charge is 2.15. The van der Waals surface area contributed by atoms with E-state index in [9.17, 15) is 13.6 Å². The number of amides is 1. The van der Waals surface area contributed by atoms with Crippen LogP contribution >= 0.6 is 23.1 Å². The van der Waals surface area contributed by atoms with Gasteiger partial charge in [0.05, 0.1) is 11.8 Å². The molecule has 0 fully saturated rings. The van der Waals surface area contributed by atoms with Crippen LogP contribution in [0.3, 0.4) is 0 Å². The number of carbonyl (C=O) groups excluding carboxylic acids is 1. The topological polar surface area (TPSA) is 29.1 Å². The molecule has 0 saturated carbocycles. The van der Waals surface area contributed by atoms with Crippen molar-refractivity contribution in [3.63, 3.8) is 0 Å². The van der Waals surface area contributed by atoms with Crippen LogP contribution in [0.2, 0.25) is 0 Å². The largest absolute Gasteiger partial charge is 0.350 e. The molecule has 1 heterocycles. The monoisotopic (exact) mass is 327 g/mol. The van der Waals surface area contributed by atoms with Gasteiger partial charge in [-0.2, -0.15) is 0 Å². The number of nitrogens with one attached hydrogen (secondary N) is 1. The molecule has 0 aliphatic heterocycles. The van der Waals surface area contributed by atoms with Gasteiger partial charge in [0.1, 0.15) is 0 Å². The molecule has 2 nitrogen and oxygen atoms in total. The average molecular weight is 327 g/mol. The van der Waals surface area contributed by atoms with Crippen LogP contribution in [0, 0.1) is 11.6 Å². The third-order valence-corrected chi connectivity index (χ3v) is 4.97. The van der Waals surface area contributed by atoms with Gasteiger partial charge in [0.25, 0.3) is 0 Å². The summed E-state index contributed by atoms with van der Waals surface area (Å²) in [5.74, 6) is -1.54. The lowest BCUT2D eigenvalue weighted by molar-refractivity contribution is -0.120. The Balaban J connectivity index is 1.82. The summed E-state index contributed by atoms with van der Waals surface area (Å²) >= 11 is 2.86. The summed E-state index contributed by atoms with van der Waals surface area (Å²) in [5.41, 5.74) is 0.276. The van der Waals surface area contributed by atoms with Gasteiger partial charge in [0.15, 0.2) is 11.6 Å². The first-order chi connectivity index (χ1) is 10.1. The molecule has 0 saturated heterocycles. The molecule has 1 unspecified atom stereocenters. The molecule has 0 aliphatic rings. The minimum Gasteiger partial charge on any atom is -0.350 e. The van der Waals surface area contributed by atoms with Crippen molar-refractivity contribution < 1.29 is 13.6 Å². The van der Waals surface area contributed by atoms with E-state index in [0.717, 1.165) is 10.9 Å². The van der Waals surface area contributed by atoms with Crippen LogP contribution in [0.4, 0.5) is 8.78 Å². The van der Waals surface area contributed by atoms with E-state index in [2.05, 4.69) is 5.32 Å². The second-order valence-electron chi connectivity index (χ2n) is 4.46. The van der Waals surface area contributed by atoms with Gasteiger partial charge in [0, 0.05) is 16.2 Å². The summed E-state index contributed by atoms with van der Waals surface area (Å²) in [6.45, 7) is 2.25.